The topological polar surface area (TPSA) is 74.2 Å². The number of amides is 1. The van der Waals surface area contributed by atoms with Crippen molar-refractivity contribution < 1.29 is 36.2 Å². The Bertz CT molecular complexity index is 1060. The summed E-state index contributed by atoms with van der Waals surface area (Å²) in [7, 11) is 0. The first-order chi connectivity index (χ1) is 14.4. The number of carbonyl (C=O) groups is 1. The summed E-state index contributed by atoms with van der Waals surface area (Å²) in [6, 6.07) is 9.17. The lowest BCUT2D eigenvalue weighted by Crippen LogP contribution is -2.18. The van der Waals surface area contributed by atoms with Crippen LogP contribution in [0.1, 0.15) is 21.5 Å². The van der Waals surface area contributed by atoms with E-state index in [-0.39, 0.29) is 23.3 Å². The third kappa shape index (κ3) is 5.44. The Kier molecular flexibility index (Phi) is 5.78. The van der Waals surface area contributed by atoms with Crippen LogP contribution in [-0.2, 0) is 12.4 Å². The second kappa shape index (κ2) is 8.17. The van der Waals surface area contributed by atoms with E-state index in [0.29, 0.717) is 17.8 Å². The highest BCUT2D eigenvalue weighted by atomic mass is 19.4. The van der Waals surface area contributed by atoms with Crippen molar-refractivity contribution in [2.75, 3.05) is 10.6 Å². The second-order valence-electron chi connectivity index (χ2n) is 6.32. The van der Waals surface area contributed by atoms with E-state index in [9.17, 15) is 36.2 Å². The van der Waals surface area contributed by atoms with Gasteiger partial charge in [-0.2, -0.15) is 26.3 Å². The number of aromatic hydroxyl groups is 1. The van der Waals surface area contributed by atoms with Gasteiger partial charge < -0.3 is 15.7 Å². The predicted octanol–water partition coefficient (Wildman–Crippen LogP) is 5.82. The standard InChI is InChI=1S/C20H13F6N3O2/c21-19(22,23)12-8-11(9-13(10-12)20(24,25)26)18(31)29-16-2-1-7-27-17(16)28-14-3-5-15(30)6-4-14/h1-10,30H,(H,27,28)(H,29,31). The molecule has 0 aliphatic heterocycles. The van der Waals surface area contributed by atoms with Crippen molar-refractivity contribution in [3.63, 3.8) is 0 Å². The van der Waals surface area contributed by atoms with Crippen LogP contribution in [0.4, 0.5) is 43.5 Å². The Morgan fingerprint density at radius 2 is 1.45 bits per heavy atom. The van der Waals surface area contributed by atoms with Crippen molar-refractivity contribution in [1.82, 2.24) is 4.98 Å². The zero-order valence-corrected chi connectivity index (χ0v) is 15.3. The molecule has 0 radical (unpaired) electrons. The average Bonchev–Trinajstić information content (AvgIpc) is 2.69. The number of alkyl halides is 6. The van der Waals surface area contributed by atoms with E-state index in [1.165, 1.54) is 42.6 Å². The van der Waals surface area contributed by atoms with E-state index >= 15 is 0 Å². The monoisotopic (exact) mass is 441 g/mol. The number of nitrogens with one attached hydrogen (secondary N) is 2. The van der Waals surface area contributed by atoms with Crippen molar-refractivity contribution in [1.29, 1.82) is 0 Å². The van der Waals surface area contributed by atoms with Gasteiger partial charge >= 0.3 is 12.4 Å². The number of hydrogen-bond donors (Lipinski definition) is 3. The summed E-state index contributed by atoms with van der Waals surface area (Å²) < 4.78 is 78.1. The fourth-order valence-corrected chi connectivity index (χ4v) is 2.57. The van der Waals surface area contributed by atoms with Crippen LogP contribution in [0.3, 0.4) is 0 Å². The highest BCUT2D eigenvalue weighted by Crippen LogP contribution is 2.36. The summed E-state index contributed by atoms with van der Waals surface area (Å²) in [5.41, 5.74) is -3.53. The Morgan fingerprint density at radius 3 is 2.00 bits per heavy atom. The molecule has 0 saturated carbocycles. The Balaban J connectivity index is 1.92. The quantitative estimate of drug-likeness (QED) is 0.352. The van der Waals surface area contributed by atoms with Crippen LogP contribution < -0.4 is 10.6 Å². The van der Waals surface area contributed by atoms with E-state index in [0.717, 1.165) is 0 Å². The van der Waals surface area contributed by atoms with Gasteiger partial charge in [-0.15, -0.1) is 0 Å². The van der Waals surface area contributed by atoms with Crippen molar-refractivity contribution >= 4 is 23.1 Å². The Morgan fingerprint density at radius 1 is 0.871 bits per heavy atom. The van der Waals surface area contributed by atoms with Gasteiger partial charge in [0.2, 0.25) is 0 Å². The maximum Gasteiger partial charge on any atom is 0.416 e. The molecule has 0 bridgehead atoms. The highest BCUT2D eigenvalue weighted by molar-refractivity contribution is 6.06. The molecular formula is C20H13F6N3O2. The summed E-state index contributed by atoms with van der Waals surface area (Å²) in [5.74, 6) is -1.09. The molecule has 0 saturated heterocycles. The average molecular weight is 441 g/mol. The molecular weight excluding hydrogens is 428 g/mol. The first-order valence-electron chi connectivity index (χ1n) is 8.55. The maximum absolute atomic E-state index is 13.0. The van der Waals surface area contributed by atoms with E-state index < -0.39 is 35.0 Å². The molecule has 0 spiro atoms. The number of halogens is 6. The molecule has 11 heteroatoms. The van der Waals surface area contributed by atoms with Crippen molar-refractivity contribution in [2.24, 2.45) is 0 Å². The second-order valence-corrected chi connectivity index (χ2v) is 6.32. The third-order valence-corrected chi connectivity index (χ3v) is 4.04. The number of aromatic nitrogens is 1. The lowest BCUT2D eigenvalue weighted by Gasteiger charge is -2.15. The number of hydrogen-bond acceptors (Lipinski definition) is 4. The summed E-state index contributed by atoms with van der Waals surface area (Å²) >= 11 is 0. The van der Waals surface area contributed by atoms with Gasteiger partial charge in [-0.3, -0.25) is 4.79 Å². The summed E-state index contributed by atoms with van der Waals surface area (Å²) in [6.45, 7) is 0. The van der Waals surface area contributed by atoms with Gasteiger partial charge in [-0.1, -0.05) is 0 Å². The number of anilines is 3. The number of rotatable bonds is 4. The van der Waals surface area contributed by atoms with Crippen LogP contribution in [-0.4, -0.2) is 16.0 Å². The number of phenolic OH excluding ortho intramolecular Hbond substituents is 1. The molecule has 3 aromatic rings. The number of carbonyl (C=O) groups excluding carboxylic acids is 1. The number of phenols is 1. The molecule has 1 amide bonds. The lowest BCUT2D eigenvalue weighted by molar-refractivity contribution is -0.143. The SMILES string of the molecule is O=C(Nc1cccnc1Nc1ccc(O)cc1)c1cc(C(F)(F)F)cc(C(F)(F)F)c1. The normalized spacial score (nSPS) is 11.8. The molecule has 0 unspecified atom stereocenters. The van der Waals surface area contributed by atoms with Crippen molar-refractivity contribution in [2.45, 2.75) is 12.4 Å². The molecule has 31 heavy (non-hydrogen) atoms. The maximum atomic E-state index is 13.0. The van der Waals surface area contributed by atoms with Gasteiger partial charge in [-0.05, 0) is 54.6 Å². The smallest absolute Gasteiger partial charge is 0.416 e. The fraction of sp³-hybridized carbons (Fsp3) is 0.100. The van der Waals surface area contributed by atoms with E-state index in [1.54, 1.807) is 0 Å². The minimum Gasteiger partial charge on any atom is -0.508 e. The summed E-state index contributed by atoms with van der Waals surface area (Å²) in [5, 5.41) is 14.4. The molecule has 1 heterocycles. The van der Waals surface area contributed by atoms with E-state index in [1.807, 2.05) is 0 Å². The number of pyridine rings is 1. The Hall–Kier alpha value is -3.76. The van der Waals surface area contributed by atoms with Crippen LogP contribution in [0.25, 0.3) is 0 Å². The zero-order chi connectivity index (χ0) is 22.8. The predicted molar refractivity (Wildman–Crippen MR) is 100 cm³/mol. The minimum atomic E-state index is -5.07. The lowest BCUT2D eigenvalue weighted by atomic mass is 10.0. The van der Waals surface area contributed by atoms with Crippen molar-refractivity contribution in [3.8, 4) is 5.75 Å². The van der Waals surface area contributed by atoms with Gasteiger partial charge in [0.15, 0.2) is 5.82 Å². The first kappa shape index (κ1) is 21.9. The van der Waals surface area contributed by atoms with Gasteiger partial charge in [0.25, 0.3) is 5.91 Å². The largest absolute Gasteiger partial charge is 0.508 e. The van der Waals surface area contributed by atoms with Crippen LogP contribution >= 0.6 is 0 Å². The van der Waals surface area contributed by atoms with E-state index in [4.69, 9.17) is 0 Å². The van der Waals surface area contributed by atoms with Crippen LogP contribution in [0.15, 0.2) is 60.8 Å². The third-order valence-electron chi connectivity index (χ3n) is 4.04. The van der Waals surface area contributed by atoms with Crippen LogP contribution in [0.2, 0.25) is 0 Å². The molecule has 0 atom stereocenters. The molecule has 3 N–H and O–H groups in total. The van der Waals surface area contributed by atoms with Gasteiger partial charge in [0.05, 0.1) is 16.8 Å². The van der Waals surface area contributed by atoms with E-state index in [2.05, 4.69) is 15.6 Å². The fourth-order valence-electron chi connectivity index (χ4n) is 2.57. The summed E-state index contributed by atoms with van der Waals surface area (Å²) in [4.78, 5) is 16.5. The van der Waals surface area contributed by atoms with Crippen LogP contribution in [0.5, 0.6) is 5.75 Å². The molecule has 3 rings (SSSR count). The van der Waals surface area contributed by atoms with Gasteiger partial charge in [-0.25, -0.2) is 4.98 Å². The molecule has 2 aromatic carbocycles. The molecule has 0 aliphatic rings. The summed E-state index contributed by atoms with van der Waals surface area (Å²) in [6.07, 6.45) is -8.78. The molecule has 5 nitrogen and oxygen atoms in total. The molecule has 1 aromatic heterocycles. The minimum absolute atomic E-state index is 0.00473. The molecule has 0 aliphatic carbocycles. The number of nitrogens with zero attached hydrogens (tertiary/aromatic N) is 1. The van der Waals surface area contributed by atoms with Gasteiger partial charge in [0.1, 0.15) is 5.75 Å². The Labute approximate surface area is 171 Å². The molecule has 0 fully saturated rings. The van der Waals surface area contributed by atoms with Crippen molar-refractivity contribution in [3.05, 3.63) is 77.5 Å². The number of benzene rings is 2. The first-order valence-corrected chi connectivity index (χ1v) is 8.55. The zero-order valence-electron chi connectivity index (χ0n) is 15.3. The molecule has 162 valence electrons. The van der Waals surface area contributed by atoms with Gasteiger partial charge in [0, 0.05) is 17.4 Å². The van der Waals surface area contributed by atoms with Crippen LogP contribution in [0, 0.1) is 0 Å². The highest BCUT2D eigenvalue weighted by Gasteiger charge is 2.37.